The van der Waals surface area contributed by atoms with Crippen LogP contribution in [0, 0.1) is 0 Å². The predicted octanol–water partition coefficient (Wildman–Crippen LogP) is 2.64. The van der Waals surface area contributed by atoms with Crippen LogP contribution >= 0.6 is 11.6 Å². The standard InChI is InChI=1S/C22H28ClN3O4S/c1-17(26(31(2,28)29)21-5-3-4-20(23)14-21)22(27)24-15-18-6-8-19(9-7-18)16-25-10-12-30-13-11-25/h3-9,14,17H,10-13,15-16H2,1-2H3,(H,24,27)/t17-/m1/s1. The molecule has 3 rings (SSSR count). The fraction of sp³-hybridized carbons (Fsp3) is 0.409. The van der Waals surface area contributed by atoms with E-state index in [-0.39, 0.29) is 5.91 Å². The third-order valence-corrected chi connectivity index (χ3v) is 6.63. The van der Waals surface area contributed by atoms with Crippen LogP contribution in [-0.2, 0) is 32.6 Å². The van der Waals surface area contributed by atoms with Crippen molar-refractivity contribution in [2.75, 3.05) is 36.9 Å². The van der Waals surface area contributed by atoms with Crippen LogP contribution in [-0.4, -0.2) is 57.8 Å². The summed E-state index contributed by atoms with van der Waals surface area (Å²) < 4.78 is 31.2. The highest BCUT2D eigenvalue weighted by molar-refractivity contribution is 7.92. The molecule has 0 saturated carbocycles. The van der Waals surface area contributed by atoms with Crippen LogP contribution in [0.15, 0.2) is 48.5 Å². The van der Waals surface area contributed by atoms with E-state index in [0.717, 1.165) is 49.0 Å². The molecule has 2 aromatic rings. The zero-order valence-corrected chi connectivity index (χ0v) is 19.3. The van der Waals surface area contributed by atoms with Crippen LogP contribution in [0.1, 0.15) is 18.1 Å². The van der Waals surface area contributed by atoms with Crippen LogP contribution in [0.2, 0.25) is 5.02 Å². The number of rotatable bonds is 8. The van der Waals surface area contributed by atoms with E-state index in [4.69, 9.17) is 16.3 Å². The number of carbonyl (C=O) groups excluding carboxylic acids is 1. The summed E-state index contributed by atoms with van der Waals surface area (Å²) in [7, 11) is -3.68. The lowest BCUT2D eigenvalue weighted by atomic mass is 10.1. The van der Waals surface area contributed by atoms with Gasteiger partial charge in [0, 0.05) is 31.2 Å². The molecular formula is C22H28ClN3O4S. The van der Waals surface area contributed by atoms with Crippen LogP contribution in [0.25, 0.3) is 0 Å². The summed E-state index contributed by atoms with van der Waals surface area (Å²) in [6.07, 6.45) is 1.07. The molecule has 31 heavy (non-hydrogen) atoms. The lowest BCUT2D eigenvalue weighted by Gasteiger charge is -2.28. The highest BCUT2D eigenvalue weighted by Gasteiger charge is 2.29. The van der Waals surface area contributed by atoms with E-state index in [1.807, 2.05) is 12.1 Å². The number of sulfonamides is 1. The largest absolute Gasteiger partial charge is 0.379 e. The topological polar surface area (TPSA) is 79.0 Å². The molecule has 2 aromatic carbocycles. The zero-order chi connectivity index (χ0) is 22.4. The Bertz CT molecular complexity index is 992. The van der Waals surface area contributed by atoms with E-state index >= 15 is 0 Å². The number of benzene rings is 2. The molecule has 9 heteroatoms. The van der Waals surface area contributed by atoms with E-state index in [0.29, 0.717) is 17.3 Å². The van der Waals surface area contributed by atoms with Gasteiger partial charge in [-0.1, -0.05) is 41.9 Å². The molecule has 1 saturated heterocycles. The van der Waals surface area contributed by atoms with Crippen molar-refractivity contribution in [2.24, 2.45) is 0 Å². The van der Waals surface area contributed by atoms with E-state index in [9.17, 15) is 13.2 Å². The number of morpholine rings is 1. The first kappa shape index (κ1) is 23.5. The molecule has 1 N–H and O–H groups in total. The lowest BCUT2D eigenvalue weighted by Crippen LogP contribution is -2.47. The van der Waals surface area contributed by atoms with Gasteiger partial charge in [0.1, 0.15) is 6.04 Å². The number of hydrogen-bond acceptors (Lipinski definition) is 5. The van der Waals surface area contributed by atoms with Gasteiger partial charge in [0.2, 0.25) is 15.9 Å². The van der Waals surface area contributed by atoms with Crippen molar-refractivity contribution in [1.82, 2.24) is 10.2 Å². The van der Waals surface area contributed by atoms with Gasteiger partial charge in [0.05, 0.1) is 25.2 Å². The maximum Gasteiger partial charge on any atom is 0.243 e. The second-order valence-electron chi connectivity index (χ2n) is 7.64. The first-order valence-corrected chi connectivity index (χ1v) is 12.4. The van der Waals surface area contributed by atoms with Crippen molar-refractivity contribution in [3.8, 4) is 0 Å². The summed E-state index contributed by atoms with van der Waals surface area (Å²) in [6.45, 7) is 6.13. The fourth-order valence-electron chi connectivity index (χ4n) is 3.54. The van der Waals surface area contributed by atoms with E-state index in [1.165, 1.54) is 11.6 Å². The molecular weight excluding hydrogens is 438 g/mol. The van der Waals surface area contributed by atoms with Crippen molar-refractivity contribution >= 4 is 33.2 Å². The van der Waals surface area contributed by atoms with E-state index in [1.54, 1.807) is 25.1 Å². The van der Waals surface area contributed by atoms with Gasteiger partial charge in [-0.25, -0.2) is 8.42 Å². The molecule has 0 radical (unpaired) electrons. The summed E-state index contributed by atoms with van der Waals surface area (Å²) >= 11 is 6.01. The van der Waals surface area contributed by atoms with Gasteiger partial charge in [-0.05, 0) is 36.2 Å². The lowest BCUT2D eigenvalue weighted by molar-refractivity contribution is -0.122. The molecule has 1 amide bonds. The van der Waals surface area contributed by atoms with Gasteiger partial charge < -0.3 is 10.1 Å². The molecule has 0 bridgehead atoms. The molecule has 0 aliphatic carbocycles. The number of nitrogens with zero attached hydrogens (tertiary/aromatic N) is 2. The molecule has 0 unspecified atom stereocenters. The number of nitrogens with one attached hydrogen (secondary N) is 1. The zero-order valence-electron chi connectivity index (χ0n) is 17.8. The summed E-state index contributed by atoms with van der Waals surface area (Å²) in [4.78, 5) is 15.1. The fourth-order valence-corrected chi connectivity index (χ4v) is 4.89. The summed E-state index contributed by atoms with van der Waals surface area (Å²) in [5.74, 6) is -0.386. The van der Waals surface area contributed by atoms with Gasteiger partial charge in [-0.2, -0.15) is 0 Å². The normalized spacial score (nSPS) is 16.0. The Labute approximate surface area is 189 Å². The summed E-state index contributed by atoms with van der Waals surface area (Å²) in [6, 6.07) is 13.6. The highest BCUT2D eigenvalue weighted by Crippen LogP contribution is 2.24. The van der Waals surface area contributed by atoms with Crippen LogP contribution < -0.4 is 9.62 Å². The Balaban J connectivity index is 1.60. The monoisotopic (exact) mass is 465 g/mol. The van der Waals surface area contributed by atoms with Crippen LogP contribution in [0.4, 0.5) is 5.69 Å². The summed E-state index contributed by atoms with van der Waals surface area (Å²) in [5.41, 5.74) is 2.50. The van der Waals surface area contributed by atoms with Crippen molar-refractivity contribution < 1.29 is 17.9 Å². The Morgan fingerprint density at radius 3 is 2.42 bits per heavy atom. The molecule has 1 aliphatic heterocycles. The highest BCUT2D eigenvalue weighted by atomic mass is 35.5. The van der Waals surface area contributed by atoms with Crippen molar-refractivity contribution in [3.63, 3.8) is 0 Å². The molecule has 0 spiro atoms. The molecule has 1 aliphatic rings. The maximum atomic E-state index is 12.7. The molecule has 1 heterocycles. The number of anilines is 1. The average molecular weight is 466 g/mol. The predicted molar refractivity (Wildman–Crippen MR) is 123 cm³/mol. The van der Waals surface area contributed by atoms with Gasteiger partial charge >= 0.3 is 0 Å². The maximum absolute atomic E-state index is 12.7. The molecule has 1 atom stereocenters. The molecule has 1 fully saturated rings. The smallest absolute Gasteiger partial charge is 0.243 e. The minimum atomic E-state index is -3.68. The van der Waals surface area contributed by atoms with Crippen molar-refractivity contribution in [2.45, 2.75) is 26.1 Å². The SMILES string of the molecule is C[C@H](C(=O)NCc1ccc(CN2CCOCC2)cc1)N(c1cccc(Cl)c1)S(C)(=O)=O. The van der Waals surface area contributed by atoms with Gasteiger partial charge in [-0.3, -0.25) is 14.0 Å². The minimum absolute atomic E-state index is 0.314. The summed E-state index contributed by atoms with van der Waals surface area (Å²) in [5, 5.41) is 3.23. The average Bonchev–Trinajstić information content (AvgIpc) is 2.73. The van der Waals surface area contributed by atoms with E-state index < -0.39 is 16.1 Å². The Hall–Kier alpha value is -2.13. The van der Waals surface area contributed by atoms with Gasteiger partial charge in [0.25, 0.3) is 0 Å². The van der Waals surface area contributed by atoms with Gasteiger partial charge in [-0.15, -0.1) is 0 Å². The number of carbonyl (C=O) groups is 1. The van der Waals surface area contributed by atoms with E-state index in [2.05, 4.69) is 22.3 Å². The third kappa shape index (κ3) is 6.67. The number of hydrogen-bond donors (Lipinski definition) is 1. The third-order valence-electron chi connectivity index (χ3n) is 5.15. The second-order valence-corrected chi connectivity index (χ2v) is 9.93. The molecule has 168 valence electrons. The quantitative estimate of drug-likeness (QED) is 0.648. The number of amides is 1. The first-order valence-electron chi connectivity index (χ1n) is 10.1. The number of ether oxygens (including phenoxy) is 1. The van der Waals surface area contributed by atoms with Crippen molar-refractivity contribution in [1.29, 1.82) is 0 Å². The van der Waals surface area contributed by atoms with Crippen molar-refractivity contribution in [3.05, 3.63) is 64.7 Å². The minimum Gasteiger partial charge on any atom is -0.379 e. The molecule has 0 aromatic heterocycles. The van der Waals surface area contributed by atoms with Crippen LogP contribution in [0.5, 0.6) is 0 Å². The molecule has 7 nitrogen and oxygen atoms in total. The van der Waals surface area contributed by atoms with Gasteiger partial charge in [0.15, 0.2) is 0 Å². The van der Waals surface area contributed by atoms with Crippen LogP contribution in [0.3, 0.4) is 0 Å². The Kier molecular flexibility index (Phi) is 7.94. The Morgan fingerprint density at radius 1 is 1.16 bits per heavy atom. The first-order chi connectivity index (χ1) is 14.7. The second kappa shape index (κ2) is 10.5. The Morgan fingerprint density at radius 2 is 1.81 bits per heavy atom. The number of halogens is 1.